The summed E-state index contributed by atoms with van der Waals surface area (Å²) in [5.41, 5.74) is 3.80. The fraction of sp³-hybridized carbons (Fsp3) is 0.0556. The van der Waals surface area contributed by atoms with Crippen molar-refractivity contribution in [2.75, 3.05) is 6.26 Å². The average molecular weight is 295 g/mol. The molecule has 0 saturated heterocycles. The first-order valence-corrected chi connectivity index (χ1v) is 7.86. The quantitative estimate of drug-likeness (QED) is 0.610. The van der Waals surface area contributed by atoms with Gasteiger partial charge in [0.25, 0.3) is 0 Å². The van der Waals surface area contributed by atoms with Crippen LogP contribution in [0.2, 0.25) is 0 Å². The Bertz CT molecular complexity index is 739. The molecule has 0 radical (unpaired) electrons. The maximum Gasteiger partial charge on any atom is 0.123 e. The van der Waals surface area contributed by atoms with Gasteiger partial charge in [-0.1, -0.05) is 30.3 Å². The number of nitrogens with zero attached hydrogens (tertiary/aromatic N) is 1. The summed E-state index contributed by atoms with van der Waals surface area (Å²) in [6, 6.07) is 20.6. The summed E-state index contributed by atoms with van der Waals surface area (Å²) in [5.74, 6) is -0.233. The molecule has 104 valence electrons. The van der Waals surface area contributed by atoms with Gasteiger partial charge in [-0.15, -0.1) is 11.8 Å². The van der Waals surface area contributed by atoms with Crippen LogP contribution in [-0.4, -0.2) is 11.2 Å². The third kappa shape index (κ3) is 3.14. The maximum atomic E-state index is 13.1. The van der Waals surface area contributed by atoms with E-state index in [4.69, 9.17) is 4.98 Å². The highest BCUT2D eigenvalue weighted by Crippen LogP contribution is 2.28. The predicted molar refractivity (Wildman–Crippen MR) is 86.8 cm³/mol. The highest BCUT2D eigenvalue weighted by Gasteiger charge is 2.07. The number of benzene rings is 2. The zero-order chi connectivity index (χ0) is 14.7. The summed E-state index contributed by atoms with van der Waals surface area (Å²) in [4.78, 5) is 5.86. The highest BCUT2D eigenvalue weighted by molar-refractivity contribution is 7.98. The van der Waals surface area contributed by atoms with Gasteiger partial charge in [0, 0.05) is 16.0 Å². The fourth-order valence-corrected chi connectivity index (χ4v) is 2.61. The van der Waals surface area contributed by atoms with Crippen LogP contribution in [0, 0.1) is 5.82 Å². The first-order valence-electron chi connectivity index (χ1n) is 6.64. The van der Waals surface area contributed by atoms with E-state index in [1.807, 2.05) is 42.7 Å². The number of hydrogen-bond donors (Lipinski definition) is 0. The van der Waals surface area contributed by atoms with E-state index in [2.05, 4.69) is 6.07 Å². The van der Waals surface area contributed by atoms with E-state index in [9.17, 15) is 4.39 Å². The Morgan fingerprint density at radius 2 is 1.38 bits per heavy atom. The second-order valence-electron chi connectivity index (χ2n) is 4.65. The lowest BCUT2D eigenvalue weighted by Crippen LogP contribution is -1.90. The summed E-state index contributed by atoms with van der Waals surface area (Å²) in [6.45, 7) is 0. The van der Waals surface area contributed by atoms with Gasteiger partial charge in [0.2, 0.25) is 0 Å². The van der Waals surface area contributed by atoms with Gasteiger partial charge in [-0.05, 0) is 42.7 Å². The molecule has 0 atom stereocenters. The molecule has 1 aromatic heterocycles. The molecule has 0 bridgehead atoms. The first-order chi connectivity index (χ1) is 10.3. The molecule has 0 aliphatic carbocycles. The molecule has 1 heterocycles. The van der Waals surface area contributed by atoms with Gasteiger partial charge in [-0.25, -0.2) is 9.37 Å². The third-order valence-electron chi connectivity index (χ3n) is 3.24. The molecule has 2 aromatic carbocycles. The smallest absolute Gasteiger partial charge is 0.123 e. The van der Waals surface area contributed by atoms with Crippen molar-refractivity contribution >= 4 is 11.8 Å². The van der Waals surface area contributed by atoms with E-state index in [1.165, 1.54) is 12.1 Å². The summed E-state index contributed by atoms with van der Waals surface area (Å²) >= 11 is 1.68. The highest BCUT2D eigenvalue weighted by atomic mass is 32.2. The molecule has 0 aliphatic heterocycles. The van der Waals surface area contributed by atoms with Crippen molar-refractivity contribution in [1.82, 2.24) is 4.98 Å². The lowest BCUT2D eigenvalue weighted by molar-refractivity contribution is 0.628. The molecule has 3 heteroatoms. The SMILES string of the molecule is CSc1cc(-c2ccccc2)nc(-c2ccc(F)cc2)c1. The number of pyridine rings is 1. The molecule has 21 heavy (non-hydrogen) atoms. The Morgan fingerprint density at radius 1 is 0.810 bits per heavy atom. The van der Waals surface area contributed by atoms with Gasteiger partial charge in [0.15, 0.2) is 0 Å². The molecule has 0 N–H and O–H groups in total. The molecule has 0 unspecified atom stereocenters. The lowest BCUT2D eigenvalue weighted by Gasteiger charge is -2.08. The Balaban J connectivity index is 2.11. The Kier molecular flexibility index (Phi) is 4.02. The minimum absolute atomic E-state index is 0.233. The second kappa shape index (κ2) is 6.10. The van der Waals surface area contributed by atoms with E-state index in [0.717, 1.165) is 27.4 Å². The molecular weight excluding hydrogens is 281 g/mol. The van der Waals surface area contributed by atoms with Crippen molar-refractivity contribution in [3.63, 3.8) is 0 Å². The van der Waals surface area contributed by atoms with E-state index in [0.29, 0.717) is 0 Å². The van der Waals surface area contributed by atoms with Crippen molar-refractivity contribution in [3.05, 3.63) is 72.5 Å². The van der Waals surface area contributed by atoms with Crippen molar-refractivity contribution in [3.8, 4) is 22.5 Å². The normalized spacial score (nSPS) is 10.6. The van der Waals surface area contributed by atoms with Gasteiger partial charge >= 0.3 is 0 Å². The summed E-state index contributed by atoms with van der Waals surface area (Å²) < 4.78 is 13.1. The second-order valence-corrected chi connectivity index (χ2v) is 5.53. The van der Waals surface area contributed by atoms with Crippen molar-refractivity contribution < 1.29 is 4.39 Å². The minimum Gasteiger partial charge on any atom is -0.248 e. The Hall–Kier alpha value is -2.13. The van der Waals surface area contributed by atoms with Gasteiger partial charge in [-0.3, -0.25) is 0 Å². The maximum absolute atomic E-state index is 13.1. The van der Waals surface area contributed by atoms with Crippen LogP contribution in [0.3, 0.4) is 0 Å². The zero-order valence-electron chi connectivity index (χ0n) is 11.6. The molecule has 0 saturated carbocycles. The van der Waals surface area contributed by atoms with Crippen LogP contribution in [0.1, 0.15) is 0 Å². The van der Waals surface area contributed by atoms with Crippen LogP contribution < -0.4 is 0 Å². The van der Waals surface area contributed by atoms with E-state index in [-0.39, 0.29) is 5.82 Å². The van der Waals surface area contributed by atoms with Gasteiger partial charge < -0.3 is 0 Å². The Morgan fingerprint density at radius 3 is 1.95 bits per heavy atom. The fourth-order valence-electron chi connectivity index (χ4n) is 2.15. The van der Waals surface area contributed by atoms with Crippen LogP contribution in [0.4, 0.5) is 4.39 Å². The van der Waals surface area contributed by atoms with Crippen molar-refractivity contribution in [1.29, 1.82) is 0 Å². The van der Waals surface area contributed by atoms with Gasteiger partial charge in [-0.2, -0.15) is 0 Å². The molecule has 0 fully saturated rings. The predicted octanol–water partition coefficient (Wildman–Crippen LogP) is 5.28. The monoisotopic (exact) mass is 295 g/mol. The molecular formula is C18H14FNS. The van der Waals surface area contributed by atoms with E-state index < -0.39 is 0 Å². The number of halogens is 1. The Labute approximate surface area is 127 Å². The summed E-state index contributed by atoms with van der Waals surface area (Å²) in [7, 11) is 0. The number of thioether (sulfide) groups is 1. The molecule has 0 amide bonds. The first kappa shape index (κ1) is 13.8. The lowest BCUT2D eigenvalue weighted by atomic mass is 10.1. The average Bonchev–Trinajstić information content (AvgIpc) is 2.56. The molecule has 1 nitrogen and oxygen atoms in total. The topological polar surface area (TPSA) is 12.9 Å². The third-order valence-corrected chi connectivity index (χ3v) is 3.95. The van der Waals surface area contributed by atoms with Crippen LogP contribution in [0.15, 0.2) is 71.6 Å². The summed E-state index contributed by atoms with van der Waals surface area (Å²) in [5, 5.41) is 0. The van der Waals surface area contributed by atoms with Crippen LogP contribution in [0.25, 0.3) is 22.5 Å². The molecule has 0 aliphatic rings. The molecule has 3 rings (SSSR count). The molecule has 0 spiro atoms. The minimum atomic E-state index is -0.233. The largest absolute Gasteiger partial charge is 0.248 e. The van der Waals surface area contributed by atoms with Crippen LogP contribution in [-0.2, 0) is 0 Å². The van der Waals surface area contributed by atoms with Crippen molar-refractivity contribution in [2.45, 2.75) is 4.90 Å². The van der Waals surface area contributed by atoms with Crippen molar-refractivity contribution in [2.24, 2.45) is 0 Å². The van der Waals surface area contributed by atoms with Crippen LogP contribution in [0.5, 0.6) is 0 Å². The van der Waals surface area contributed by atoms with E-state index >= 15 is 0 Å². The van der Waals surface area contributed by atoms with Crippen LogP contribution >= 0.6 is 11.8 Å². The number of hydrogen-bond acceptors (Lipinski definition) is 2. The summed E-state index contributed by atoms with van der Waals surface area (Å²) in [6.07, 6.45) is 2.04. The van der Waals surface area contributed by atoms with E-state index in [1.54, 1.807) is 23.9 Å². The van der Waals surface area contributed by atoms with Gasteiger partial charge in [0.05, 0.1) is 11.4 Å². The number of rotatable bonds is 3. The zero-order valence-corrected chi connectivity index (χ0v) is 12.4. The molecule has 3 aromatic rings. The number of aromatic nitrogens is 1. The van der Waals surface area contributed by atoms with Gasteiger partial charge in [0.1, 0.15) is 5.82 Å². The standard InChI is InChI=1S/C18H14FNS/c1-21-16-11-17(13-5-3-2-4-6-13)20-18(12-16)14-7-9-15(19)10-8-14/h2-12H,1H3.